The van der Waals surface area contributed by atoms with E-state index in [2.05, 4.69) is 20.7 Å². The average Bonchev–Trinajstić information content (AvgIpc) is 3.47. The normalized spacial score (nSPS) is 10.7. The number of para-hydroxylation sites is 1. The second-order valence-electron chi connectivity index (χ2n) is 6.96. The van der Waals surface area contributed by atoms with Gasteiger partial charge in [0.25, 0.3) is 5.91 Å². The van der Waals surface area contributed by atoms with Crippen LogP contribution in [0, 0.1) is 5.82 Å². The van der Waals surface area contributed by atoms with Gasteiger partial charge >= 0.3 is 0 Å². The van der Waals surface area contributed by atoms with Gasteiger partial charge in [-0.05, 0) is 29.8 Å². The fraction of sp³-hybridized carbons (Fsp3) is 0.130. The molecular weight excluding hydrogens is 429 g/mol. The summed E-state index contributed by atoms with van der Waals surface area (Å²) in [7, 11) is 0. The second kappa shape index (κ2) is 9.97. The van der Waals surface area contributed by atoms with Crippen LogP contribution in [0.4, 0.5) is 4.39 Å². The molecule has 2 heterocycles. The Morgan fingerprint density at radius 2 is 1.84 bits per heavy atom. The fourth-order valence-electron chi connectivity index (χ4n) is 3.03. The molecule has 2 amide bonds. The summed E-state index contributed by atoms with van der Waals surface area (Å²) in [4.78, 5) is 28.7. The van der Waals surface area contributed by atoms with E-state index >= 15 is 0 Å². The van der Waals surface area contributed by atoms with E-state index in [1.165, 1.54) is 23.5 Å². The minimum Gasteiger partial charge on any atom is -0.354 e. The van der Waals surface area contributed by atoms with Crippen molar-refractivity contribution in [3.63, 3.8) is 0 Å². The molecule has 7 nitrogen and oxygen atoms in total. The van der Waals surface area contributed by atoms with Crippen molar-refractivity contribution in [1.29, 1.82) is 0 Å². The number of hydrogen-bond acceptors (Lipinski definition) is 5. The highest BCUT2D eigenvalue weighted by molar-refractivity contribution is 7.13. The van der Waals surface area contributed by atoms with E-state index in [4.69, 9.17) is 0 Å². The van der Waals surface area contributed by atoms with Crippen molar-refractivity contribution in [2.75, 3.05) is 13.1 Å². The standard InChI is InChI=1S/C23H20FN5O2S/c24-18-6-4-5-16(11-18)12-21(30)25-9-10-26-22(31)20-15-32-23(28-20)17-13-27-29(14-17)19-7-2-1-3-8-19/h1-8,11,13-15H,9-10,12H2,(H,25,30)(H,26,31). The molecule has 0 bridgehead atoms. The number of benzene rings is 2. The minimum atomic E-state index is -0.377. The van der Waals surface area contributed by atoms with Gasteiger partial charge in [0.2, 0.25) is 5.91 Å². The van der Waals surface area contributed by atoms with Crippen molar-refractivity contribution in [2.45, 2.75) is 6.42 Å². The minimum absolute atomic E-state index is 0.0812. The predicted molar refractivity (Wildman–Crippen MR) is 120 cm³/mol. The Morgan fingerprint density at radius 1 is 1.03 bits per heavy atom. The van der Waals surface area contributed by atoms with Gasteiger partial charge in [0.1, 0.15) is 16.5 Å². The Balaban J connectivity index is 1.25. The highest BCUT2D eigenvalue weighted by atomic mass is 32.1. The maximum atomic E-state index is 13.2. The van der Waals surface area contributed by atoms with Crippen LogP contribution < -0.4 is 10.6 Å². The van der Waals surface area contributed by atoms with E-state index in [9.17, 15) is 14.0 Å². The third-order valence-electron chi connectivity index (χ3n) is 4.57. The third kappa shape index (κ3) is 5.44. The van der Waals surface area contributed by atoms with Gasteiger partial charge in [-0.25, -0.2) is 14.1 Å². The number of halogens is 1. The van der Waals surface area contributed by atoms with Crippen LogP contribution in [0.1, 0.15) is 16.1 Å². The first-order valence-electron chi connectivity index (χ1n) is 9.94. The van der Waals surface area contributed by atoms with Gasteiger partial charge in [-0.1, -0.05) is 30.3 Å². The van der Waals surface area contributed by atoms with Crippen LogP contribution in [0.5, 0.6) is 0 Å². The molecular formula is C23H20FN5O2S. The Hall–Kier alpha value is -3.85. The van der Waals surface area contributed by atoms with Crippen molar-refractivity contribution in [3.8, 4) is 16.3 Å². The maximum Gasteiger partial charge on any atom is 0.270 e. The van der Waals surface area contributed by atoms with E-state index < -0.39 is 0 Å². The number of amides is 2. The van der Waals surface area contributed by atoms with Crippen LogP contribution in [-0.2, 0) is 11.2 Å². The van der Waals surface area contributed by atoms with E-state index in [1.54, 1.807) is 28.4 Å². The molecule has 2 aromatic carbocycles. The first-order valence-corrected chi connectivity index (χ1v) is 10.8. The lowest BCUT2D eigenvalue weighted by molar-refractivity contribution is -0.120. The number of carbonyl (C=O) groups is 2. The van der Waals surface area contributed by atoms with Crippen molar-refractivity contribution in [1.82, 2.24) is 25.4 Å². The maximum absolute atomic E-state index is 13.2. The third-order valence-corrected chi connectivity index (χ3v) is 5.46. The summed E-state index contributed by atoms with van der Waals surface area (Å²) in [5.74, 6) is -0.934. The molecule has 2 N–H and O–H groups in total. The van der Waals surface area contributed by atoms with Crippen LogP contribution in [0.25, 0.3) is 16.3 Å². The van der Waals surface area contributed by atoms with Crippen LogP contribution >= 0.6 is 11.3 Å². The molecule has 9 heteroatoms. The summed E-state index contributed by atoms with van der Waals surface area (Å²) in [5, 5.41) is 12.2. The Labute approximate surface area is 187 Å². The van der Waals surface area contributed by atoms with E-state index in [1.807, 2.05) is 36.5 Å². The molecule has 0 unspecified atom stereocenters. The van der Waals surface area contributed by atoms with E-state index in [-0.39, 0.29) is 37.1 Å². The highest BCUT2D eigenvalue weighted by Gasteiger charge is 2.13. The van der Waals surface area contributed by atoms with Crippen LogP contribution in [-0.4, -0.2) is 39.7 Å². The van der Waals surface area contributed by atoms with E-state index in [0.29, 0.717) is 16.3 Å². The highest BCUT2D eigenvalue weighted by Crippen LogP contribution is 2.24. The lowest BCUT2D eigenvalue weighted by Crippen LogP contribution is -2.35. The molecule has 0 spiro atoms. The summed E-state index contributed by atoms with van der Waals surface area (Å²) in [6, 6.07) is 15.6. The molecule has 2 aromatic heterocycles. The summed E-state index contributed by atoms with van der Waals surface area (Å²) in [5.41, 5.74) is 2.66. The molecule has 0 aliphatic heterocycles. The van der Waals surface area contributed by atoms with Gasteiger partial charge in [-0.2, -0.15) is 5.10 Å². The van der Waals surface area contributed by atoms with Crippen molar-refractivity contribution < 1.29 is 14.0 Å². The van der Waals surface area contributed by atoms with Crippen LogP contribution in [0.2, 0.25) is 0 Å². The van der Waals surface area contributed by atoms with Gasteiger partial charge < -0.3 is 10.6 Å². The summed E-state index contributed by atoms with van der Waals surface area (Å²) >= 11 is 1.36. The lowest BCUT2D eigenvalue weighted by atomic mass is 10.1. The second-order valence-corrected chi connectivity index (χ2v) is 7.82. The summed E-state index contributed by atoms with van der Waals surface area (Å²) < 4.78 is 14.9. The lowest BCUT2D eigenvalue weighted by Gasteiger charge is -2.06. The SMILES string of the molecule is O=C(Cc1cccc(F)c1)NCCNC(=O)c1csc(-c2cnn(-c3ccccc3)c2)n1. The molecule has 0 aliphatic rings. The van der Waals surface area contributed by atoms with Gasteiger partial charge in [-0.3, -0.25) is 9.59 Å². The molecule has 0 atom stereocenters. The molecule has 0 fully saturated rings. The van der Waals surface area contributed by atoms with Crippen LogP contribution in [0.3, 0.4) is 0 Å². The number of aromatic nitrogens is 3. The van der Waals surface area contributed by atoms with Crippen molar-refractivity contribution in [3.05, 3.63) is 89.4 Å². The predicted octanol–water partition coefficient (Wildman–Crippen LogP) is 3.22. The first-order chi connectivity index (χ1) is 15.6. The zero-order valence-electron chi connectivity index (χ0n) is 17.0. The zero-order chi connectivity index (χ0) is 22.3. The number of hydrogen-bond donors (Lipinski definition) is 2. The number of carbonyl (C=O) groups excluding carboxylic acids is 2. The molecule has 0 aliphatic carbocycles. The average molecular weight is 450 g/mol. The quantitative estimate of drug-likeness (QED) is 0.404. The first kappa shape index (κ1) is 21.4. The smallest absolute Gasteiger partial charge is 0.270 e. The monoisotopic (exact) mass is 449 g/mol. The van der Waals surface area contributed by atoms with Gasteiger partial charge in [0.15, 0.2) is 0 Å². The topological polar surface area (TPSA) is 88.9 Å². The summed E-state index contributed by atoms with van der Waals surface area (Å²) in [6.07, 6.45) is 3.66. The molecule has 162 valence electrons. The van der Waals surface area contributed by atoms with Crippen LogP contribution in [0.15, 0.2) is 72.4 Å². The molecule has 0 saturated heterocycles. The largest absolute Gasteiger partial charge is 0.354 e. The number of thiazole rings is 1. The molecule has 4 aromatic rings. The van der Waals surface area contributed by atoms with E-state index in [0.717, 1.165) is 11.3 Å². The Kier molecular flexibility index (Phi) is 6.66. The van der Waals surface area contributed by atoms with Crippen molar-refractivity contribution >= 4 is 23.2 Å². The van der Waals surface area contributed by atoms with Gasteiger partial charge in [0, 0.05) is 30.2 Å². The Bertz CT molecular complexity index is 1220. The number of nitrogens with one attached hydrogen (secondary N) is 2. The zero-order valence-corrected chi connectivity index (χ0v) is 17.8. The molecule has 0 radical (unpaired) electrons. The molecule has 32 heavy (non-hydrogen) atoms. The Morgan fingerprint density at radius 3 is 2.66 bits per heavy atom. The fourth-order valence-corrected chi connectivity index (χ4v) is 3.80. The molecule has 4 rings (SSSR count). The molecule has 0 saturated carbocycles. The number of rotatable bonds is 8. The van der Waals surface area contributed by atoms with Gasteiger partial charge in [0.05, 0.1) is 18.3 Å². The number of nitrogens with zero attached hydrogens (tertiary/aromatic N) is 3. The van der Waals surface area contributed by atoms with Crippen molar-refractivity contribution in [2.24, 2.45) is 0 Å². The summed E-state index contributed by atoms with van der Waals surface area (Å²) in [6.45, 7) is 0.521. The van der Waals surface area contributed by atoms with Gasteiger partial charge in [-0.15, -0.1) is 11.3 Å².